The van der Waals surface area contributed by atoms with Gasteiger partial charge in [0.1, 0.15) is 0 Å². The number of sulfonamides is 1. The third-order valence-corrected chi connectivity index (χ3v) is 15.5. The van der Waals surface area contributed by atoms with Crippen molar-refractivity contribution in [3.63, 3.8) is 0 Å². The number of aromatic nitrogens is 3. The fourth-order valence-electron chi connectivity index (χ4n) is 6.39. The van der Waals surface area contributed by atoms with E-state index in [0.29, 0.717) is 39.1 Å². The zero-order valence-electron chi connectivity index (χ0n) is 23.4. The van der Waals surface area contributed by atoms with E-state index in [0.717, 1.165) is 6.07 Å². The molecule has 0 spiro atoms. The van der Waals surface area contributed by atoms with E-state index in [4.69, 9.17) is 5.14 Å². The van der Waals surface area contributed by atoms with Crippen LogP contribution >= 0.6 is 0 Å². The second-order valence-electron chi connectivity index (χ2n) is 11.1. The van der Waals surface area contributed by atoms with Gasteiger partial charge in [-0.15, -0.1) is 0 Å². The Bertz CT molecular complexity index is 1580. The second-order valence-corrected chi connectivity index (χ2v) is 18.4. The number of halogens is 3. The summed E-state index contributed by atoms with van der Waals surface area (Å²) < 4.78 is 70.3. The highest BCUT2D eigenvalue weighted by Gasteiger charge is 2.45. The van der Waals surface area contributed by atoms with Crippen molar-refractivity contribution >= 4 is 18.3 Å². The molecule has 4 rings (SSSR count). The number of hydrogen-bond acceptors (Lipinski definition) is 3. The Morgan fingerprint density at radius 3 is 1.98 bits per heavy atom. The van der Waals surface area contributed by atoms with Gasteiger partial charge in [0.2, 0.25) is 10.0 Å². The Kier molecular flexibility index (Phi) is 7.96. The quantitative estimate of drug-likeness (QED) is 0.214. The molecule has 40 heavy (non-hydrogen) atoms. The molecule has 11 heteroatoms. The van der Waals surface area contributed by atoms with E-state index < -0.39 is 30.0 Å². The van der Waals surface area contributed by atoms with Crippen molar-refractivity contribution in [2.24, 2.45) is 5.14 Å². The van der Waals surface area contributed by atoms with E-state index in [1.807, 2.05) is 12.4 Å². The van der Waals surface area contributed by atoms with Gasteiger partial charge in [0, 0.05) is 11.8 Å². The Balaban J connectivity index is 1.81. The van der Waals surface area contributed by atoms with Crippen LogP contribution < -0.4 is 5.14 Å². The van der Waals surface area contributed by atoms with Gasteiger partial charge in [-0.1, -0.05) is 53.7 Å². The van der Waals surface area contributed by atoms with Crippen LogP contribution in [-0.4, -0.2) is 30.7 Å². The zero-order valence-corrected chi connectivity index (χ0v) is 25.3. The van der Waals surface area contributed by atoms with Crippen LogP contribution in [0, 0.1) is 0 Å². The number of nitrogens with zero attached hydrogens (tertiary/aromatic N) is 3. The summed E-state index contributed by atoms with van der Waals surface area (Å²) in [5, 5.41) is 9.44. The van der Waals surface area contributed by atoms with Crippen molar-refractivity contribution in [3.8, 4) is 28.1 Å². The first-order valence-corrected chi connectivity index (χ1v) is 16.9. The van der Waals surface area contributed by atoms with Crippen LogP contribution in [0.15, 0.2) is 78.1 Å². The van der Waals surface area contributed by atoms with Gasteiger partial charge in [0.05, 0.1) is 28.0 Å². The molecule has 0 saturated heterocycles. The Morgan fingerprint density at radius 2 is 1.45 bits per heavy atom. The molecule has 0 radical (unpaired) electrons. The minimum absolute atomic E-state index is 0.0694. The molecule has 214 valence electrons. The molecule has 0 aliphatic heterocycles. The molecular formula is C29H35F3N4O2SSi. The van der Waals surface area contributed by atoms with E-state index in [1.165, 1.54) is 41.2 Å². The molecule has 0 aliphatic rings. The molecule has 0 fully saturated rings. The minimum atomic E-state index is -4.59. The number of nitrogens with two attached hydrogens (primary N) is 1. The maximum atomic E-state index is 14.5. The Labute approximate surface area is 234 Å². The van der Waals surface area contributed by atoms with Crippen molar-refractivity contribution in [2.75, 3.05) is 0 Å². The number of hydrogen-bond donors (Lipinski definition) is 1. The normalized spacial score (nSPS) is 13.1. The van der Waals surface area contributed by atoms with Crippen LogP contribution in [0.5, 0.6) is 0 Å². The van der Waals surface area contributed by atoms with Crippen LogP contribution in [0.3, 0.4) is 0 Å². The fraction of sp³-hybridized carbons (Fsp3) is 0.345. The van der Waals surface area contributed by atoms with Crippen molar-refractivity contribution in [1.29, 1.82) is 0 Å². The number of alkyl halides is 3. The first-order valence-electron chi connectivity index (χ1n) is 13.2. The highest BCUT2D eigenvalue weighted by Crippen LogP contribution is 2.45. The molecule has 2 aromatic carbocycles. The summed E-state index contributed by atoms with van der Waals surface area (Å²) >= 11 is 0. The molecule has 0 bridgehead atoms. The smallest absolute Gasteiger partial charge is 0.379 e. The summed E-state index contributed by atoms with van der Waals surface area (Å²) in [5.74, 6) is 0. The summed E-state index contributed by atoms with van der Waals surface area (Å²) in [6.45, 7) is 13.3. The fourth-order valence-corrected chi connectivity index (χ4v) is 13.4. The average Bonchev–Trinajstić information content (AvgIpc) is 3.53. The maximum Gasteiger partial charge on any atom is 0.417 e. The van der Waals surface area contributed by atoms with Crippen molar-refractivity contribution in [1.82, 2.24) is 14.0 Å². The van der Waals surface area contributed by atoms with Crippen molar-refractivity contribution in [2.45, 2.75) is 69.2 Å². The van der Waals surface area contributed by atoms with Crippen molar-refractivity contribution in [3.05, 3.63) is 78.8 Å². The molecule has 4 aromatic rings. The van der Waals surface area contributed by atoms with E-state index >= 15 is 0 Å². The van der Waals surface area contributed by atoms with Gasteiger partial charge < -0.3 is 4.23 Å². The Hall–Kier alpha value is -3.15. The second kappa shape index (κ2) is 10.7. The van der Waals surface area contributed by atoms with E-state index in [-0.39, 0.29) is 10.5 Å². The lowest BCUT2D eigenvalue weighted by Gasteiger charge is -2.44. The molecule has 2 N–H and O–H groups in total. The Morgan fingerprint density at radius 1 is 0.850 bits per heavy atom. The SMILES string of the molecule is CC(C)[Si](C(C)C)(C(C)C)n1ccc(-c2ccc(-c3ccnn3-c3ccc(S(N)(=O)=O)cc3)cc2C(F)(F)F)c1. The molecule has 0 atom stereocenters. The predicted octanol–water partition coefficient (Wildman–Crippen LogP) is 7.70. The summed E-state index contributed by atoms with van der Waals surface area (Å²) in [6.07, 6.45) is 0.750. The number of primary sulfonamides is 1. The van der Waals surface area contributed by atoms with E-state index in [2.05, 4.69) is 50.9 Å². The number of benzene rings is 2. The highest BCUT2D eigenvalue weighted by molar-refractivity contribution is 7.89. The molecule has 0 saturated carbocycles. The van der Waals surface area contributed by atoms with Gasteiger partial charge in [-0.2, -0.15) is 18.3 Å². The first kappa shape index (κ1) is 29.8. The van der Waals surface area contributed by atoms with Crippen molar-refractivity contribution < 1.29 is 21.6 Å². The van der Waals surface area contributed by atoms with Crippen LogP contribution in [-0.2, 0) is 16.2 Å². The molecule has 0 unspecified atom stereocenters. The van der Waals surface area contributed by atoms with Crippen LogP contribution in [0.25, 0.3) is 28.1 Å². The summed E-state index contributed by atoms with van der Waals surface area (Å²) in [5.41, 5.74) is 2.38. The van der Waals surface area contributed by atoms with Gasteiger partial charge in [0.15, 0.2) is 8.24 Å². The maximum absolute atomic E-state index is 14.5. The molecule has 0 aliphatic carbocycles. The minimum Gasteiger partial charge on any atom is -0.379 e. The average molecular weight is 589 g/mol. The topological polar surface area (TPSA) is 82.9 Å². The number of rotatable bonds is 8. The van der Waals surface area contributed by atoms with Crippen LogP contribution in [0.1, 0.15) is 47.1 Å². The largest absolute Gasteiger partial charge is 0.417 e. The van der Waals surface area contributed by atoms with Gasteiger partial charge in [-0.3, -0.25) is 0 Å². The summed E-state index contributed by atoms with van der Waals surface area (Å²) in [4.78, 5) is -0.0694. The molecule has 2 aromatic heterocycles. The zero-order chi connectivity index (χ0) is 29.6. The van der Waals surface area contributed by atoms with Crippen LogP contribution in [0.2, 0.25) is 16.6 Å². The monoisotopic (exact) mass is 588 g/mol. The third kappa shape index (κ3) is 5.29. The lowest BCUT2D eigenvalue weighted by molar-refractivity contribution is -0.137. The standard InChI is InChI=1S/C29H35F3N4O2SSi/c1-19(2)40(20(3)4,21(5)6)35-16-14-23(18-35)26-12-7-22(17-27(26)29(30,31)32)28-13-15-34-36(28)24-8-10-25(11-9-24)39(33,37)38/h7-21H,1-6H3,(H2,33,37,38). The lowest BCUT2D eigenvalue weighted by Crippen LogP contribution is -2.51. The third-order valence-electron chi connectivity index (χ3n) is 7.90. The molecule has 0 amide bonds. The van der Waals surface area contributed by atoms with Gasteiger partial charge >= 0.3 is 6.18 Å². The first-order chi connectivity index (χ1) is 18.6. The highest BCUT2D eigenvalue weighted by atomic mass is 32.2. The summed E-state index contributed by atoms with van der Waals surface area (Å²) in [6, 6.07) is 13.4. The molecule has 2 heterocycles. The van der Waals surface area contributed by atoms with Gasteiger partial charge in [0.25, 0.3) is 0 Å². The molecular weight excluding hydrogens is 553 g/mol. The van der Waals surface area contributed by atoms with Gasteiger partial charge in [-0.25, -0.2) is 18.2 Å². The molecule has 6 nitrogen and oxygen atoms in total. The van der Waals surface area contributed by atoms with E-state index in [1.54, 1.807) is 18.2 Å². The van der Waals surface area contributed by atoms with Crippen LogP contribution in [0.4, 0.5) is 13.2 Å². The van der Waals surface area contributed by atoms with E-state index in [9.17, 15) is 21.6 Å². The lowest BCUT2D eigenvalue weighted by atomic mass is 9.97. The van der Waals surface area contributed by atoms with Gasteiger partial charge in [-0.05, 0) is 76.4 Å². The predicted molar refractivity (Wildman–Crippen MR) is 155 cm³/mol. The summed E-state index contributed by atoms with van der Waals surface area (Å²) in [7, 11) is -6.00.